The molecule has 6 heteroatoms. The summed E-state index contributed by atoms with van der Waals surface area (Å²) in [7, 11) is 1.65. The van der Waals surface area contributed by atoms with Crippen molar-refractivity contribution in [2.24, 2.45) is 5.92 Å². The van der Waals surface area contributed by atoms with Crippen LogP contribution in [0.2, 0.25) is 0 Å². The van der Waals surface area contributed by atoms with E-state index in [1.54, 1.807) is 11.8 Å². The molecule has 2 heterocycles. The van der Waals surface area contributed by atoms with Gasteiger partial charge in [0, 0.05) is 25.1 Å². The maximum Gasteiger partial charge on any atom is 0.269 e. The van der Waals surface area contributed by atoms with Gasteiger partial charge in [-0.15, -0.1) is 0 Å². The van der Waals surface area contributed by atoms with Gasteiger partial charge in [-0.3, -0.25) is 9.48 Å². The van der Waals surface area contributed by atoms with Gasteiger partial charge in [0.2, 0.25) is 0 Å². The number of methoxy groups -OCH3 is 1. The molecule has 1 aromatic carbocycles. The van der Waals surface area contributed by atoms with Gasteiger partial charge in [0.25, 0.3) is 5.91 Å². The molecule has 140 valence electrons. The summed E-state index contributed by atoms with van der Waals surface area (Å²) in [6.45, 7) is 8.00. The topological polar surface area (TPSA) is 65.4 Å². The highest BCUT2D eigenvalue weighted by Gasteiger charge is 2.22. The van der Waals surface area contributed by atoms with Crippen LogP contribution < -0.4 is 14.8 Å². The van der Waals surface area contributed by atoms with E-state index in [1.807, 2.05) is 31.2 Å². The van der Waals surface area contributed by atoms with Crippen molar-refractivity contribution < 1.29 is 14.3 Å². The van der Waals surface area contributed by atoms with Crippen molar-refractivity contribution in [3.05, 3.63) is 41.2 Å². The average Bonchev–Trinajstić information content (AvgIpc) is 3.10. The zero-order chi connectivity index (χ0) is 18.7. The Hall–Kier alpha value is -2.50. The number of fused-ring (bicyclic) bond motifs is 1. The molecular formula is C20H27N3O3. The van der Waals surface area contributed by atoms with Gasteiger partial charge in [0.05, 0.1) is 19.4 Å². The second-order valence-electron chi connectivity index (χ2n) is 6.99. The van der Waals surface area contributed by atoms with E-state index in [9.17, 15) is 4.79 Å². The van der Waals surface area contributed by atoms with Crippen molar-refractivity contribution in [2.45, 2.75) is 39.7 Å². The minimum Gasteiger partial charge on any atom is -0.497 e. The van der Waals surface area contributed by atoms with Gasteiger partial charge < -0.3 is 14.8 Å². The number of nitrogens with zero attached hydrogens (tertiary/aromatic N) is 2. The number of benzene rings is 1. The third-order valence-corrected chi connectivity index (χ3v) is 4.73. The lowest BCUT2D eigenvalue weighted by atomic mass is 9.96. The van der Waals surface area contributed by atoms with Crippen LogP contribution in [0.4, 0.5) is 0 Å². The van der Waals surface area contributed by atoms with Crippen LogP contribution in [0.1, 0.15) is 48.4 Å². The minimum absolute atomic E-state index is 0.0771. The second kappa shape index (κ2) is 7.81. The van der Waals surface area contributed by atoms with Crippen LogP contribution in [0, 0.1) is 5.92 Å². The van der Waals surface area contributed by atoms with E-state index in [4.69, 9.17) is 9.47 Å². The fourth-order valence-corrected chi connectivity index (χ4v) is 3.14. The van der Waals surface area contributed by atoms with E-state index in [-0.39, 0.29) is 11.8 Å². The Morgan fingerprint density at radius 3 is 2.92 bits per heavy atom. The molecule has 1 amide bonds. The zero-order valence-electron chi connectivity index (χ0n) is 15.9. The highest BCUT2D eigenvalue weighted by molar-refractivity contribution is 5.92. The predicted octanol–water partition coefficient (Wildman–Crippen LogP) is 3.02. The lowest BCUT2D eigenvalue weighted by molar-refractivity contribution is 0.0928. The maximum absolute atomic E-state index is 12.6. The summed E-state index contributed by atoms with van der Waals surface area (Å²) in [6.07, 6.45) is 0.879. The van der Waals surface area contributed by atoms with E-state index in [0.717, 1.165) is 29.2 Å². The SMILES string of the molecule is CCn1nc(C(C)C)cc1C(=O)NC[C@H]1COc2cc(OC)ccc2C1. The summed E-state index contributed by atoms with van der Waals surface area (Å²) >= 11 is 0. The van der Waals surface area contributed by atoms with Crippen molar-refractivity contribution >= 4 is 5.91 Å². The Balaban J connectivity index is 1.62. The number of rotatable bonds is 6. The molecule has 1 aliphatic heterocycles. The van der Waals surface area contributed by atoms with Gasteiger partial charge in [0.15, 0.2) is 0 Å². The number of carbonyl (C=O) groups excluding carboxylic acids is 1. The van der Waals surface area contributed by atoms with Crippen LogP contribution in [-0.2, 0) is 13.0 Å². The van der Waals surface area contributed by atoms with Crippen LogP contribution in [0.5, 0.6) is 11.5 Å². The Labute approximate surface area is 154 Å². The first kappa shape index (κ1) is 18.3. The molecule has 1 aromatic heterocycles. The summed E-state index contributed by atoms with van der Waals surface area (Å²) in [4.78, 5) is 12.6. The number of amides is 1. The van der Waals surface area contributed by atoms with Gasteiger partial charge in [-0.1, -0.05) is 19.9 Å². The molecule has 0 saturated carbocycles. The molecule has 0 unspecified atom stereocenters. The van der Waals surface area contributed by atoms with Crippen molar-refractivity contribution in [1.82, 2.24) is 15.1 Å². The lowest BCUT2D eigenvalue weighted by Gasteiger charge is -2.25. The van der Waals surface area contributed by atoms with Gasteiger partial charge in [-0.25, -0.2) is 0 Å². The number of ether oxygens (including phenoxy) is 2. The second-order valence-corrected chi connectivity index (χ2v) is 6.99. The molecule has 0 bridgehead atoms. The number of carbonyl (C=O) groups is 1. The highest BCUT2D eigenvalue weighted by Crippen LogP contribution is 2.30. The standard InChI is InChI=1S/C20H27N3O3/c1-5-23-18(10-17(22-23)13(2)3)20(24)21-11-14-8-15-6-7-16(25-4)9-19(15)26-12-14/h6-7,9-10,13-14H,5,8,11-12H2,1-4H3,(H,21,24)/t14-/m0/s1. The largest absolute Gasteiger partial charge is 0.497 e. The fourth-order valence-electron chi connectivity index (χ4n) is 3.14. The molecule has 6 nitrogen and oxygen atoms in total. The minimum atomic E-state index is -0.0771. The molecule has 0 aliphatic carbocycles. The van der Waals surface area contributed by atoms with Gasteiger partial charge in [0.1, 0.15) is 17.2 Å². The molecular weight excluding hydrogens is 330 g/mol. The third kappa shape index (κ3) is 3.84. The van der Waals surface area contributed by atoms with E-state index in [1.165, 1.54) is 0 Å². The van der Waals surface area contributed by atoms with E-state index in [0.29, 0.717) is 31.3 Å². The predicted molar refractivity (Wildman–Crippen MR) is 100 cm³/mol. The number of aromatic nitrogens is 2. The van der Waals surface area contributed by atoms with Gasteiger partial charge >= 0.3 is 0 Å². The van der Waals surface area contributed by atoms with Crippen molar-refractivity contribution in [3.63, 3.8) is 0 Å². The quantitative estimate of drug-likeness (QED) is 0.863. The summed E-state index contributed by atoms with van der Waals surface area (Å²) in [5, 5.41) is 7.55. The van der Waals surface area contributed by atoms with Gasteiger partial charge in [-0.05, 0) is 37.0 Å². The molecule has 0 fully saturated rings. The summed E-state index contributed by atoms with van der Waals surface area (Å²) < 4.78 is 12.8. The number of nitrogens with one attached hydrogen (secondary N) is 1. The Morgan fingerprint density at radius 2 is 2.23 bits per heavy atom. The lowest BCUT2D eigenvalue weighted by Crippen LogP contribution is -2.35. The van der Waals surface area contributed by atoms with Crippen LogP contribution in [0.3, 0.4) is 0 Å². The molecule has 26 heavy (non-hydrogen) atoms. The first-order chi connectivity index (χ1) is 12.5. The number of hydrogen-bond donors (Lipinski definition) is 1. The van der Waals surface area contributed by atoms with E-state index in [2.05, 4.69) is 24.3 Å². The summed E-state index contributed by atoms with van der Waals surface area (Å²) in [5.41, 5.74) is 2.72. The monoisotopic (exact) mass is 357 g/mol. The van der Waals surface area contributed by atoms with E-state index < -0.39 is 0 Å². The highest BCUT2D eigenvalue weighted by atomic mass is 16.5. The van der Waals surface area contributed by atoms with Crippen LogP contribution >= 0.6 is 0 Å². The smallest absolute Gasteiger partial charge is 0.269 e. The van der Waals surface area contributed by atoms with Crippen molar-refractivity contribution in [3.8, 4) is 11.5 Å². The first-order valence-corrected chi connectivity index (χ1v) is 9.17. The first-order valence-electron chi connectivity index (χ1n) is 9.17. The molecule has 0 radical (unpaired) electrons. The molecule has 0 spiro atoms. The number of hydrogen-bond acceptors (Lipinski definition) is 4. The Bertz CT molecular complexity index is 783. The van der Waals surface area contributed by atoms with Crippen LogP contribution in [-0.4, -0.2) is 35.9 Å². The van der Waals surface area contributed by atoms with Crippen molar-refractivity contribution in [2.75, 3.05) is 20.3 Å². The summed E-state index contributed by atoms with van der Waals surface area (Å²) in [5.74, 6) is 2.14. The normalized spacial score (nSPS) is 16.1. The molecule has 3 rings (SSSR count). The van der Waals surface area contributed by atoms with Crippen LogP contribution in [0.15, 0.2) is 24.3 Å². The molecule has 0 saturated heterocycles. The Kier molecular flexibility index (Phi) is 5.49. The van der Waals surface area contributed by atoms with Gasteiger partial charge in [-0.2, -0.15) is 5.10 Å². The Morgan fingerprint density at radius 1 is 1.42 bits per heavy atom. The molecule has 1 aliphatic rings. The molecule has 2 aromatic rings. The van der Waals surface area contributed by atoms with Crippen molar-refractivity contribution in [1.29, 1.82) is 0 Å². The zero-order valence-corrected chi connectivity index (χ0v) is 15.9. The summed E-state index contributed by atoms with van der Waals surface area (Å²) in [6, 6.07) is 7.78. The maximum atomic E-state index is 12.6. The average molecular weight is 357 g/mol. The fraction of sp³-hybridized carbons (Fsp3) is 0.500. The molecule has 1 N–H and O–H groups in total. The molecule has 1 atom stereocenters. The number of aryl methyl sites for hydroxylation is 1. The van der Waals surface area contributed by atoms with E-state index >= 15 is 0 Å². The third-order valence-electron chi connectivity index (χ3n) is 4.73. The van der Waals surface area contributed by atoms with Crippen LogP contribution in [0.25, 0.3) is 0 Å².